The predicted octanol–water partition coefficient (Wildman–Crippen LogP) is 1.72. The van der Waals surface area contributed by atoms with E-state index in [4.69, 9.17) is 9.84 Å². The monoisotopic (exact) mass is 245 g/mol. The normalized spacial score (nSPS) is 12.6. The second kappa shape index (κ2) is 6.97. The summed E-state index contributed by atoms with van der Waals surface area (Å²) in [5.74, 6) is -0.176. The quantitative estimate of drug-likeness (QED) is 0.529. The van der Waals surface area contributed by atoms with Gasteiger partial charge in [0.2, 0.25) is 0 Å². The average molecular weight is 245 g/mol. The van der Waals surface area contributed by atoms with Gasteiger partial charge in [-0.3, -0.25) is 4.79 Å². The van der Waals surface area contributed by atoms with E-state index < -0.39 is 5.60 Å². The van der Waals surface area contributed by atoms with Crippen molar-refractivity contribution < 1.29 is 14.6 Å². The van der Waals surface area contributed by atoms with Gasteiger partial charge in [-0.15, -0.1) is 0 Å². The maximum Gasteiger partial charge on any atom is 0.307 e. The molecule has 0 atom stereocenters. The number of esters is 1. The van der Waals surface area contributed by atoms with E-state index in [-0.39, 0.29) is 18.0 Å². The summed E-state index contributed by atoms with van der Waals surface area (Å²) in [5.41, 5.74) is -0.351. The third-order valence-corrected chi connectivity index (χ3v) is 2.32. The lowest BCUT2D eigenvalue weighted by molar-refractivity contribution is -0.154. The van der Waals surface area contributed by atoms with Crippen LogP contribution in [0.25, 0.3) is 0 Å². The molecule has 102 valence electrons. The molecule has 4 nitrogen and oxygen atoms in total. The minimum absolute atomic E-state index is 0.0582. The van der Waals surface area contributed by atoms with Gasteiger partial charge in [0.25, 0.3) is 0 Å². The maximum absolute atomic E-state index is 11.4. The van der Waals surface area contributed by atoms with Crippen LogP contribution in [0, 0.1) is 5.41 Å². The van der Waals surface area contributed by atoms with E-state index in [1.807, 2.05) is 20.8 Å². The van der Waals surface area contributed by atoms with Crippen molar-refractivity contribution in [3.8, 4) is 0 Å². The highest BCUT2D eigenvalue weighted by Gasteiger charge is 2.18. The first-order valence-electron chi connectivity index (χ1n) is 6.20. The molecule has 0 aromatic rings. The van der Waals surface area contributed by atoms with E-state index in [2.05, 4.69) is 19.2 Å². The van der Waals surface area contributed by atoms with Crippen LogP contribution >= 0.6 is 0 Å². The van der Waals surface area contributed by atoms with Crippen LogP contribution < -0.4 is 5.32 Å². The van der Waals surface area contributed by atoms with E-state index in [9.17, 15) is 4.79 Å². The van der Waals surface area contributed by atoms with E-state index in [1.54, 1.807) is 0 Å². The van der Waals surface area contributed by atoms with E-state index in [0.29, 0.717) is 13.0 Å². The highest BCUT2D eigenvalue weighted by atomic mass is 16.6. The largest absolute Gasteiger partial charge is 0.460 e. The molecule has 0 saturated heterocycles. The van der Waals surface area contributed by atoms with Crippen molar-refractivity contribution in [1.82, 2.24) is 5.32 Å². The predicted molar refractivity (Wildman–Crippen MR) is 68.8 cm³/mol. The molecule has 0 aliphatic rings. The third kappa shape index (κ3) is 10.3. The van der Waals surface area contributed by atoms with Crippen molar-refractivity contribution in [2.45, 2.75) is 53.1 Å². The molecular weight excluding hydrogens is 218 g/mol. The van der Waals surface area contributed by atoms with Crippen molar-refractivity contribution in [3.05, 3.63) is 0 Å². The Labute approximate surface area is 105 Å². The number of carbonyl (C=O) groups excluding carboxylic acids is 1. The van der Waals surface area contributed by atoms with Gasteiger partial charge < -0.3 is 15.2 Å². The maximum atomic E-state index is 11.4. The molecule has 0 heterocycles. The fourth-order valence-corrected chi connectivity index (χ4v) is 1.40. The molecule has 0 aliphatic heterocycles. The number of aliphatic hydroxyl groups excluding tert-OH is 1. The minimum atomic E-state index is -0.409. The first-order valence-corrected chi connectivity index (χ1v) is 6.20. The molecule has 0 amide bonds. The lowest BCUT2D eigenvalue weighted by Crippen LogP contribution is -2.32. The van der Waals surface area contributed by atoms with Crippen LogP contribution in [0.3, 0.4) is 0 Å². The molecule has 0 rings (SSSR count). The van der Waals surface area contributed by atoms with Gasteiger partial charge in [0.15, 0.2) is 0 Å². The molecule has 0 spiro atoms. The summed E-state index contributed by atoms with van der Waals surface area (Å²) in [5, 5.41) is 12.1. The summed E-state index contributed by atoms with van der Waals surface area (Å²) >= 11 is 0. The highest BCUT2D eigenvalue weighted by Crippen LogP contribution is 2.17. The first kappa shape index (κ1) is 16.4. The van der Waals surface area contributed by atoms with Gasteiger partial charge in [0.1, 0.15) is 5.60 Å². The van der Waals surface area contributed by atoms with Crippen LogP contribution in [0.4, 0.5) is 0 Å². The van der Waals surface area contributed by atoms with Gasteiger partial charge in [-0.05, 0) is 32.6 Å². The van der Waals surface area contributed by atoms with Gasteiger partial charge in [-0.1, -0.05) is 13.8 Å². The molecule has 0 aromatic heterocycles. The Morgan fingerprint density at radius 3 is 2.29 bits per heavy atom. The summed E-state index contributed by atoms with van der Waals surface area (Å²) in [6.07, 6.45) is 1.14. The van der Waals surface area contributed by atoms with E-state index in [0.717, 1.165) is 13.0 Å². The molecule has 0 aliphatic carbocycles. The van der Waals surface area contributed by atoms with Crippen molar-refractivity contribution in [2.24, 2.45) is 5.41 Å². The Hall–Kier alpha value is -0.610. The summed E-state index contributed by atoms with van der Waals surface area (Å²) in [7, 11) is 0. The zero-order valence-corrected chi connectivity index (χ0v) is 11.8. The van der Waals surface area contributed by atoms with E-state index in [1.165, 1.54) is 0 Å². The summed E-state index contributed by atoms with van der Waals surface area (Å²) in [4.78, 5) is 11.4. The van der Waals surface area contributed by atoms with Crippen molar-refractivity contribution in [3.63, 3.8) is 0 Å². The second-order valence-electron chi connectivity index (χ2n) is 6.15. The van der Waals surface area contributed by atoms with E-state index >= 15 is 0 Å². The molecule has 0 radical (unpaired) electrons. The van der Waals surface area contributed by atoms with Crippen LogP contribution in [-0.4, -0.2) is 36.4 Å². The Morgan fingerprint density at radius 2 is 1.82 bits per heavy atom. The molecule has 17 heavy (non-hydrogen) atoms. The summed E-state index contributed by atoms with van der Waals surface area (Å²) in [6.45, 7) is 11.4. The second-order valence-corrected chi connectivity index (χ2v) is 6.15. The highest BCUT2D eigenvalue weighted by molar-refractivity contribution is 5.70. The molecule has 4 heteroatoms. The summed E-state index contributed by atoms with van der Waals surface area (Å²) < 4.78 is 5.20. The average Bonchev–Trinajstić information content (AvgIpc) is 2.09. The Kier molecular flexibility index (Phi) is 6.72. The SMILES string of the molecule is CC(C)(CCO)CNCCC(=O)OC(C)(C)C. The smallest absolute Gasteiger partial charge is 0.307 e. The molecule has 0 aromatic carbocycles. The molecular formula is C13H27NO3. The zero-order chi connectivity index (χ0) is 13.5. The van der Waals surface area contributed by atoms with Crippen molar-refractivity contribution in [1.29, 1.82) is 0 Å². The number of carbonyl (C=O) groups is 1. The molecule has 0 bridgehead atoms. The Bertz CT molecular complexity index is 231. The number of nitrogens with one attached hydrogen (secondary N) is 1. The Balaban J connectivity index is 3.68. The summed E-state index contributed by atoms with van der Waals surface area (Å²) in [6, 6.07) is 0. The third-order valence-electron chi connectivity index (χ3n) is 2.32. The van der Waals surface area contributed by atoms with Crippen molar-refractivity contribution in [2.75, 3.05) is 19.7 Å². The fraction of sp³-hybridized carbons (Fsp3) is 0.923. The minimum Gasteiger partial charge on any atom is -0.460 e. The van der Waals surface area contributed by atoms with Crippen LogP contribution in [-0.2, 0) is 9.53 Å². The lowest BCUT2D eigenvalue weighted by atomic mass is 9.90. The molecule has 0 unspecified atom stereocenters. The van der Waals surface area contributed by atoms with Gasteiger partial charge in [0.05, 0.1) is 6.42 Å². The number of hydrogen-bond acceptors (Lipinski definition) is 4. The van der Waals surface area contributed by atoms with Crippen LogP contribution in [0.1, 0.15) is 47.5 Å². The molecule has 2 N–H and O–H groups in total. The molecule has 0 fully saturated rings. The van der Waals surface area contributed by atoms with Crippen LogP contribution in [0.2, 0.25) is 0 Å². The van der Waals surface area contributed by atoms with Crippen LogP contribution in [0.15, 0.2) is 0 Å². The van der Waals surface area contributed by atoms with Crippen LogP contribution in [0.5, 0.6) is 0 Å². The number of hydrogen-bond donors (Lipinski definition) is 2. The Morgan fingerprint density at radius 1 is 1.24 bits per heavy atom. The number of aliphatic hydroxyl groups is 1. The number of rotatable bonds is 7. The van der Waals surface area contributed by atoms with Gasteiger partial charge >= 0.3 is 5.97 Å². The first-order chi connectivity index (χ1) is 7.66. The lowest BCUT2D eigenvalue weighted by Gasteiger charge is -2.24. The number of ether oxygens (including phenoxy) is 1. The zero-order valence-electron chi connectivity index (χ0n) is 11.8. The van der Waals surface area contributed by atoms with Gasteiger partial charge in [0, 0.05) is 19.7 Å². The molecule has 0 saturated carbocycles. The standard InChI is InChI=1S/C13H27NO3/c1-12(2,3)17-11(16)6-8-14-10-13(4,5)7-9-15/h14-15H,6-10H2,1-5H3. The van der Waals surface area contributed by atoms with Gasteiger partial charge in [-0.2, -0.15) is 0 Å². The van der Waals surface area contributed by atoms with Crippen molar-refractivity contribution >= 4 is 5.97 Å². The fourth-order valence-electron chi connectivity index (χ4n) is 1.40. The topological polar surface area (TPSA) is 58.6 Å². The van der Waals surface area contributed by atoms with Gasteiger partial charge in [-0.25, -0.2) is 0 Å².